The molecule has 0 amide bonds. The zero-order valence-corrected chi connectivity index (χ0v) is 13.8. The zero-order valence-electron chi connectivity index (χ0n) is 9.30. The Bertz CT molecular complexity index is 636. The molecule has 1 nitrogen and oxygen atoms in total. The van der Waals surface area contributed by atoms with Crippen LogP contribution in [0.4, 0.5) is 8.78 Å². The second-order valence-corrected chi connectivity index (χ2v) is 6.31. The molecule has 0 aliphatic rings. The Morgan fingerprint density at radius 3 is 2.47 bits per heavy atom. The van der Waals surface area contributed by atoms with Gasteiger partial charge in [-0.2, -0.15) is 0 Å². The SMILES string of the molecule is OC(c1cc(F)c(Br)cc1F)c1cc(Cl)ccc1I. The topological polar surface area (TPSA) is 20.2 Å². The van der Waals surface area contributed by atoms with Crippen LogP contribution >= 0.6 is 50.1 Å². The second kappa shape index (κ2) is 6.03. The van der Waals surface area contributed by atoms with Gasteiger partial charge < -0.3 is 5.11 Å². The molecule has 0 aliphatic heterocycles. The molecule has 0 fully saturated rings. The molecular weight excluding hydrogens is 452 g/mol. The van der Waals surface area contributed by atoms with Crippen molar-refractivity contribution in [3.8, 4) is 0 Å². The van der Waals surface area contributed by atoms with Crippen molar-refractivity contribution in [2.45, 2.75) is 6.10 Å². The number of aliphatic hydroxyl groups is 1. The summed E-state index contributed by atoms with van der Waals surface area (Å²) in [6.07, 6.45) is -1.27. The first-order valence-corrected chi connectivity index (χ1v) is 7.42. The summed E-state index contributed by atoms with van der Waals surface area (Å²) in [6, 6.07) is 6.87. The average molecular weight is 459 g/mol. The monoisotopic (exact) mass is 458 g/mol. The predicted octanol–water partition coefficient (Wildman–Crippen LogP) is 5.07. The molecule has 0 radical (unpaired) electrons. The maximum Gasteiger partial charge on any atom is 0.137 e. The molecule has 100 valence electrons. The third-order valence-electron chi connectivity index (χ3n) is 2.59. The smallest absolute Gasteiger partial charge is 0.137 e. The highest BCUT2D eigenvalue weighted by atomic mass is 127. The van der Waals surface area contributed by atoms with Crippen LogP contribution in [-0.2, 0) is 0 Å². The second-order valence-electron chi connectivity index (χ2n) is 3.86. The molecule has 0 heterocycles. The van der Waals surface area contributed by atoms with Gasteiger partial charge in [0.05, 0.1) is 4.47 Å². The molecule has 19 heavy (non-hydrogen) atoms. The molecule has 1 unspecified atom stereocenters. The van der Waals surface area contributed by atoms with E-state index in [9.17, 15) is 13.9 Å². The van der Waals surface area contributed by atoms with Crippen LogP contribution in [0.2, 0.25) is 5.02 Å². The number of hydrogen-bond acceptors (Lipinski definition) is 1. The van der Waals surface area contributed by atoms with E-state index in [-0.39, 0.29) is 10.0 Å². The third-order valence-corrected chi connectivity index (χ3v) is 4.41. The van der Waals surface area contributed by atoms with Crippen molar-refractivity contribution in [2.75, 3.05) is 0 Å². The minimum absolute atomic E-state index is 0.0155. The lowest BCUT2D eigenvalue weighted by Crippen LogP contribution is -2.05. The van der Waals surface area contributed by atoms with Gasteiger partial charge in [0.15, 0.2) is 0 Å². The third kappa shape index (κ3) is 3.26. The zero-order chi connectivity index (χ0) is 14.2. The minimum atomic E-state index is -1.27. The van der Waals surface area contributed by atoms with Gasteiger partial charge in [-0.05, 0) is 74.4 Å². The average Bonchev–Trinajstić information content (AvgIpc) is 2.36. The molecule has 1 N–H and O–H groups in total. The van der Waals surface area contributed by atoms with Crippen LogP contribution in [0, 0.1) is 15.2 Å². The number of halogens is 5. The van der Waals surface area contributed by atoms with E-state index < -0.39 is 17.7 Å². The molecule has 2 aromatic rings. The Kier molecular flexibility index (Phi) is 4.81. The number of hydrogen-bond donors (Lipinski definition) is 1. The van der Waals surface area contributed by atoms with Gasteiger partial charge in [-0.3, -0.25) is 0 Å². The molecule has 0 aliphatic carbocycles. The molecule has 0 spiro atoms. The van der Waals surface area contributed by atoms with Crippen molar-refractivity contribution in [1.82, 2.24) is 0 Å². The summed E-state index contributed by atoms with van der Waals surface area (Å²) >= 11 is 10.7. The molecule has 6 heteroatoms. The largest absolute Gasteiger partial charge is 0.384 e. The first-order valence-electron chi connectivity index (χ1n) is 5.17. The summed E-state index contributed by atoms with van der Waals surface area (Å²) < 4.78 is 28.0. The highest BCUT2D eigenvalue weighted by Crippen LogP contribution is 2.32. The van der Waals surface area contributed by atoms with Crippen molar-refractivity contribution in [3.63, 3.8) is 0 Å². The molecule has 0 bridgehead atoms. The molecule has 0 saturated carbocycles. The Balaban J connectivity index is 2.52. The van der Waals surface area contributed by atoms with Crippen molar-refractivity contribution >= 4 is 50.1 Å². The maximum absolute atomic E-state index is 13.8. The van der Waals surface area contributed by atoms with E-state index in [1.165, 1.54) is 6.07 Å². The summed E-state index contributed by atoms with van der Waals surface area (Å²) in [4.78, 5) is 0. The summed E-state index contributed by atoms with van der Waals surface area (Å²) in [5.41, 5.74) is 0.314. The van der Waals surface area contributed by atoms with Gasteiger partial charge in [-0.1, -0.05) is 11.6 Å². The summed E-state index contributed by atoms with van der Waals surface area (Å²) in [7, 11) is 0. The van der Waals surface area contributed by atoms with Gasteiger partial charge in [0.2, 0.25) is 0 Å². The van der Waals surface area contributed by atoms with Crippen LogP contribution < -0.4 is 0 Å². The van der Waals surface area contributed by atoms with Gasteiger partial charge in [-0.25, -0.2) is 8.78 Å². The van der Waals surface area contributed by atoms with Crippen LogP contribution in [0.25, 0.3) is 0 Å². The predicted molar refractivity (Wildman–Crippen MR) is 82.3 cm³/mol. The summed E-state index contributed by atoms with van der Waals surface area (Å²) in [5.74, 6) is -1.32. The maximum atomic E-state index is 13.8. The fourth-order valence-corrected chi connectivity index (χ4v) is 2.77. The molecule has 2 aromatic carbocycles. The number of rotatable bonds is 2. The molecule has 2 rings (SSSR count). The fraction of sp³-hybridized carbons (Fsp3) is 0.0769. The molecule has 0 aromatic heterocycles. The fourth-order valence-electron chi connectivity index (χ4n) is 1.64. The minimum Gasteiger partial charge on any atom is -0.384 e. The van der Waals surface area contributed by atoms with Crippen molar-refractivity contribution in [1.29, 1.82) is 0 Å². The van der Waals surface area contributed by atoms with E-state index in [1.807, 2.05) is 22.6 Å². The Morgan fingerprint density at radius 2 is 1.79 bits per heavy atom. The van der Waals surface area contributed by atoms with E-state index in [4.69, 9.17) is 11.6 Å². The summed E-state index contributed by atoms with van der Waals surface area (Å²) in [6.45, 7) is 0. The first-order chi connectivity index (χ1) is 8.90. The van der Waals surface area contributed by atoms with Crippen molar-refractivity contribution < 1.29 is 13.9 Å². The first kappa shape index (κ1) is 15.2. The Labute approximate surface area is 135 Å². The lowest BCUT2D eigenvalue weighted by molar-refractivity contribution is 0.213. The van der Waals surface area contributed by atoms with E-state index >= 15 is 0 Å². The molecule has 0 saturated heterocycles. The van der Waals surface area contributed by atoms with Crippen LogP contribution in [0.15, 0.2) is 34.8 Å². The lowest BCUT2D eigenvalue weighted by Gasteiger charge is -2.15. The van der Waals surface area contributed by atoms with Crippen LogP contribution in [0.5, 0.6) is 0 Å². The van der Waals surface area contributed by atoms with E-state index in [2.05, 4.69) is 15.9 Å². The van der Waals surface area contributed by atoms with E-state index in [0.29, 0.717) is 10.6 Å². The molecule has 1 atom stereocenters. The standard InChI is InChI=1S/C13H7BrClF2IO/c14-9-5-10(16)7(4-11(9)17)13(19)8-3-6(15)1-2-12(8)18/h1-5,13,19H. The summed E-state index contributed by atoms with van der Waals surface area (Å²) in [5, 5.41) is 10.6. The van der Waals surface area contributed by atoms with Crippen LogP contribution in [0.3, 0.4) is 0 Å². The van der Waals surface area contributed by atoms with Crippen molar-refractivity contribution in [2.24, 2.45) is 0 Å². The van der Waals surface area contributed by atoms with Gasteiger partial charge in [-0.15, -0.1) is 0 Å². The highest BCUT2D eigenvalue weighted by Gasteiger charge is 2.20. The van der Waals surface area contributed by atoms with Crippen molar-refractivity contribution in [3.05, 3.63) is 66.2 Å². The Hall–Kier alpha value is -0.240. The Morgan fingerprint density at radius 1 is 1.11 bits per heavy atom. The molecular formula is C13H7BrClF2IO. The van der Waals surface area contributed by atoms with Gasteiger partial charge in [0.25, 0.3) is 0 Å². The normalized spacial score (nSPS) is 12.5. The van der Waals surface area contributed by atoms with Gasteiger partial charge >= 0.3 is 0 Å². The van der Waals surface area contributed by atoms with E-state index in [0.717, 1.165) is 15.7 Å². The van der Waals surface area contributed by atoms with Gasteiger partial charge in [0.1, 0.15) is 17.7 Å². The quantitative estimate of drug-likeness (QED) is 0.491. The number of benzene rings is 2. The van der Waals surface area contributed by atoms with Crippen LogP contribution in [-0.4, -0.2) is 5.11 Å². The van der Waals surface area contributed by atoms with E-state index in [1.54, 1.807) is 12.1 Å². The van der Waals surface area contributed by atoms with Crippen LogP contribution in [0.1, 0.15) is 17.2 Å². The highest BCUT2D eigenvalue weighted by molar-refractivity contribution is 14.1. The lowest BCUT2D eigenvalue weighted by atomic mass is 10.0. The van der Waals surface area contributed by atoms with Gasteiger partial charge in [0, 0.05) is 14.2 Å². The number of aliphatic hydroxyl groups excluding tert-OH is 1.